The third-order valence-corrected chi connectivity index (χ3v) is 6.66. The first-order valence-corrected chi connectivity index (χ1v) is 10.9. The second-order valence-corrected chi connectivity index (χ2v) is 10.5. The molecule has 2 heterocycles. The van der Waals surface area contributed by atoms with Crippen molar-refractivity contribution in [2.24, 2.45) is 0 Å². The predicted octanol–water partition coefficient (Wildman–Crippen LogP) is 4.68. The van der Waals surface area contributed by atoms with Gasteiger partial charge in [0.25, 0.3) is 0 Å². The molecule has 0 aromatic carbocycles. The van der Waals surface area contributed by atoms with Gasteiger partial charge < -0.3 is 15.5 Å². The number of hydrogen-bond acceptors (Lipinski definition) is 3. The van der Waals surface area contributed by atoms with Gasteiger partial charge in [0, 0.05) is 28.0 Å². The van der Waals surface area contributed by atoms with Crippen LogP contribution < -0.4 is 10.6 Å². The van der Waals surface area contributed by atoms with Gasteiger partial charge in [-0.25, -0.2) is 0 Å². The van der Waals surface area contributed by atoms with E-state index in [0.29, 0.717) is 12.1 Å². The molecule has 2 aliphatic rings. The summed E-state index contributed by atoms with van der Waals surface area (Å²) in [7, 11) is 0. The normalized spacial score (nSPS) is 23.5. The first-order chi connectivity index (χ1) is 11.7. The summed E-state index contributed by atoms with van der Waals surface area (Å²) in [5.74, 6) is 0. The maximum Gasteiger partial charge on any atom is 0.169 e. The van der Waals surface area contributed by atoms with Crippen LogP contribution in [0.15, 0.2) is 17.5 Å². The fraction of sp³-hybridized carbons (Fsp3) is 0.750. The van der Waals surface area contributed by atoms with Gasteiger partial charge in [0.1, 0.15) is 0 Å². The standard InChI is InChI=1S/C20H33N3S2/c1-19(2)12-15(13-20(3,4)22-19)21-18(24)23(16-8-5-6-9-16)14-17-10-7-11-25-17/h7,10-11,15-16,22H,5-6,8-9,12-14H2,1-4H3,(H,21,24). The van der Waals surface area contributed by atoms with Crippen LogP contribution in [-0.4, -0.2) is 33.2 Å². The highest BCUT2D eigenvalue weighted by molar-refractivity contribution is 7.80. The molecule has 5 heteroatoms. The van der Waals surface area contributed by atoms with Gasteiger partial charge in [-0.1, -0.05) is 18.9 Å². The number of nitrogens with one attached hydrogen (secondary N) is 2. The first-order valence-electron chi connectivity index (χ1n) is 9.63. The summed E-state index contributed by atoms with van der Waals surface area (Å²) >= 11 is 7.75. The second-order valence-electron chi connectivity index (χ2n) is 9.09. The minimum Gasteiger partial charge on any atom is -0.360 e. The third kappa shape index (κ3) is 5.18. The lowest BCUT2D eigenvalue weighted by molar-refractivity contribution is 0.152. The average Bonchev–Trinajstić information content (AvgIpc) is 3.14. The molecular formula is C20H33N3S2. The number of rotatable bonds is 4. The molecule has 1 saturated heterocycles. The topological polar surface area (TPSA) is 27.3 Å². The van der Waals surface area contributed by atoms with E-state index in [2.05, 4.69) is 60.7 Å². The molecule has 1 saturated carbocycles. The maximum atomic E-state index is 5.91. The van der Waals surface area contributed by atoms with Crippen LogP contribution in [0.25, 0.3) is 0 Å². The van der Waals surface area contributed by atoms with Crippen LogP contribution in [0.3, 0.4) is 0 Å². The average molecular weight is 380 g/mol. The Morgan fingerprint density at radius 1 is 1.24 bits per heavy atom. The van der Waals surface area contributed by atoms with E-state index in [1.165, 1.54) is 30.6 Å². The largest absolute Gasteiger partial charge is 0.360 e. The lowest BCUT2D eigenvalue weighted by Crippen LogP contribution is -2.63. The fourth-order valence-electron chi connectivity index (χ4n) is 4.83. The summed E-state index contributed by atoms with van der Waals surface area (Å²) in [5, 5.41) is 10.6. The van der Waals surface area contributed by atoms with Crippen LogP contribution >= 0.6 is 23.6 Å². The Kier molecular flexibility index (Phi) is 5.76. The number of thiophene rings is 1. The summed E-state index contributed by atoms with van der Waals surface area (Å²) in [6, 6.07) is 5.41. The lowest BCUT2D eigenvalue weighted by Gasteiger charge is -2.47. The first kappa shape index (κ1) is 19.1. The summed E-state index contributed by atoms with van der Waals surface area (Å²) in [6.45, 7) is 10.1. The Bertz CT molecular complexity index is 558. The van der Waals surface area contributed by atoms with Crippen molar-refractivity contribution in [2.45, 2.75) is 95.9 Å². The number of piperidine rings is 1. The number of nitrogens with zero attached hydrogens (tertiary/aromatic N) is 1. The maximum absolute atomic E-state index is 5.91. The SMILES string of the molecule is CC1(C)CC(NC(=S)N(Cc2cccs2)C2CCCC2)CC(C)(C)N1. The summed E-state index contributed by atoms with van der Waals surface area (Å²) in [5.41, 5.74) is 0.280. The third-order valence-electron chi connectivity index (χ3n) is 5.45. The zero-order valence-electron chi connectivity index (χ0n) is 16.1. The fourth-order valence-corrected chi connectivity index (χ4v) is 5.92. The van der Waals surface area contributed by atoms with Crippen molar-refractivity contribution >= 4 is 28.7 Å². The minimum absolute atomic E-state index is 0.140. The molecular weight excluding hydrogens is 346 g/mol. The van der Waals surface area contributed by atoms with E-state index in [-0.39, 0.29) is 11.1 Å². The van der Waals surface area contributed by atoms with E-state index in [0.717, 1.165) is 24.5 Å². The van der Waals surface area contributed by atoms with Crippen LogP contribution in [0, 0.1) is 0 Å². The van der Waals surface area contributed by atoms with Crippen molar-refractivity contribution in [2.75, 3.05) is 0 Å². The molecule has 1 aromatic heterocycles. The molecule has 2 fully saturated rings. The Hall–Kier alpha value is -0.650. The van der Waals surface area contributed by atoms with Gasteiger partial charge in [-0.05, 0) is 77.0 Å². The Balaban J connectivity index is 1.69. The molecule has 0 spiro atoms. The molecule has 0 unspecified atom stereocenters. The highest BCUT2D eigenvalue weighted by Crippen LogP contribution is 2.30. The second kappa shape index (κ2) is 7.53. The molecule has 140 valence electrons. The molecule has 2 N–H and O–H groups in total. The van der Waals surface area contributed by atoms with E-state index in [1.807, 2.05) is 11.3 Å². The lowest BCUT2D eigenvalue weighted by atomic mass is 9.80. The van der Waals surface area contributed by atoms with E-state index < -0.39 is 0 Å². The highest BCUT2D eigenvalue weighted by Gasteiger charge is 2.38. The van der Waals surface area contributed by atoms with Crippen LogP contribution in [-0.2, 0) is 6.54 Å². The summed E-state index contributed by atoms with van der Waals surface area (Å²) in [4.78, 5) is 3.87. The number of thiocarbonyl (C=S) groups is 1. The molecule has 25 heavy (non-hydrogen) atoms. The summed E-state index contributed by atoms with van der Waals surface area (Å²) in [6.07, 6.45) is 7.43. The number of hydrogen-bond donors (Lipinski definition) is 2. The van der Waals surface area contributed by atoms with Gasteiger partial charge in [0.2, 0.25) is 0 Å². The monoisotopic (exact) mass is 379 g/mol. The Morgan fingerprint density at radius 2 is 1.88 bits per heavy atom. The van der Waals surface area contributed by atoms with Gasteiger partial charge in [-0.3, -0.25) is 0 Å². The van der Waals surface area contributed by atoms with E-state index in [4.69, 9.17) is 12.2 Å². The van der Waals surface area contributed by atoms with Crippen molar-refractivity contribution in [3.05, 3.63) is 22.4 Å². The van der Waals surface area contributed by atoms with Crippen molar-refractivity contribution in [3.8, 4) is 0 Å². The van der Waals surface area contributed by atoms with Crippen LogP contribution in [0.2, 0.25) is 0 Å². The molecule has 0 bridgehead atoms. The highest BCUT2D eigenvalue weighted by atomic mass is 32.1. The quantitative estimate of drug-likeness (QED) is 0.743. The zero-order valence-corrected chi connectivity index (χ0v) is 17.7. The van der Waals surface area contributed by atoms with Crippen LogP contribution in [0.5, 0.6) is 0 Å². The molecule has 1 aliphatic heterocycles. The predicted molar refractivity (Wildman–Crippen MR) is 112 cm³/mol. The van der Waals surface area contributed by atoms with Gasteiger partial charge in [-0.2, -0.15) is 0 Å². The zero-order chi connectivity index (χ0) is 18.1. The van der Waals surface area contributed by atoms with Crippen molar-refractivity contribution in [1.82, 2.24) is 15.5 Å². The van der Waals surface area contributed by atoms with E-state index in [9.17, 15) is 0 Å². The molecule has 3 nitrogen and oxygen atoms in total. The van der Waals surface area contributed by atoms with Gasteiger partial charge in [0.05, 0.1) is 6.54 Å². The van der Waals surface area contributed by atoms with Crippen LogP contribution in [0.4, 0.5) is 0 Å². The Labute approximate surface area is 162 Å². The Morgan fingerprint density at radius 3 is 2.44 bits per heavy atom. The smallest absolute Gasteiger partial charge is 0.169 e. The molecule has 1 aromatic rings. The molecule has 0 amide bonds. The summed E-state index contributed by atoms with van der Waals surface area (Å²) < 4.78 is 0. The molecule has 0 atom stereocenters. The van der Waals surface area contributed by atoms with Crippen LogP contribution in [0.1, 0.15) is 71.1 Å². The van der Waals surface area contributed by atoms with E-state index in [1.54, 1.807) is 0 Å². The van der Waals surface area contributed by atoms with Crippen molar-refractivity contribution in [3.63, 3.8) is 0 Å². The van der Waals surface area contributed by atoms with Crippen molar-refractivity contribution in [1.29, 1.82) is 0 Å². The molecule has 3 rings (SSSR count). The van der Waals surface area contributed by atoms with Crippen molar-refractivity contribution < 1.29 is 0 Å². The van der Waals surface area contributed by atoms with Gasteiger partial charge >= 0.3 is 0 Å². The molecule has 0 radical (unpaired) electrons. The molecule has 1 aliphatic carbocycles. The minimum atomic E-state index is 0.140. The van der Waals surface area contributed by atoms with Gasteiger partial charge in [-0.15, -0.1) is 11.3 Å². The van der Waals surface area contributed by atoms with Gasteiger partial charge in [0.15, 0.2) is 5.11 Å². The van der Waals surface area contributed by atoms with E-state index >= 15 is 0 Å².